The highest BCUT2D eigenvalue weighted by molar-refractivity contribution is 14.0. The number of nitrogens with zero attached hydrogens (tertiary/aromatic N) is 3. The zero-order valence-corrected chi connectivity index (χ0v) is 18.6. The molecule has 0 amide bonds. The summed E-state index contributed by atoms with van der Waals surface area (Å²) in [6.07, 6.45) is 1.87. The summed E-state index contributed by atoms with van der Waals surface area (Å²) >= 11 is 1.69. The van der Waals surface area contributed by atoms with Crippen LogP contribution in [0.5, 0.6) is 0 Å². The van der Waals surface area contributed by atoms with E-state index in [0.717, 1.165) is 42.6 Å². The molecule has 6 nitrogen and oxygen atoms in total. The molecule has 1 atom stereocenters. The smallest absolute Gasteiger partial charge is 0.310 e. The predicted molar refractivity (Wildman–Crippen MR) is 113 cm³/mol. The van der Waals surface area contributed by atoms with Crippen molar-refractivity contribution in [2.45, 2.75) is 47.1 Å². The minimum absolute atomic E-state index is 0. The van der Waals surface area contributed by atoms with Crippen LogP contribution in [0.2, 0.25) is 0 Å². The topological polar surface area (TPSA) is 66.8 Å². The first kappa shape index (κ1) is 22.1. The fourth-order valence-electron chi connectivity index (χ4n) is 2.91. The number of halogens is 1. The number of piperidine rings is 1. The Bertz CT molecular complexity index is 591. The van der Waals surface area contributed by atoms with Gasteiger partial charge < -0.3 is 15.0 Å². The highest BCUT2D eigenvalue weighted by Gasteiger charge is 2.28. The number of hydrogen-bond acceptors (Lipinski definition) is 5. The average molecular weight is 480 g/mol. The van der Waals surface area contributed by atoms with Crippen LogP contribution in [0.1, 0.15) is 42.3 Å². The van der Waals surface area contributed by atoms with Crippen LogP contribution in [0.3, 0.4) is 0 Å². The molecular weight excluding hydrogens is 451 g/mol. The van der Waals surface area contributed by atoms with Gasteiger partial charge in [-0.3, -0.25) is 4.79 Å². The summed E-state index contributed by atoms with van der Waals surface area (Å²) < 4.78 is 5.18. The number of aliphatic imine (C=N–C) groups is 1. The summed E-state index contributed by atoms with van der Waals surface area (Å²) in [5.74, 6) is 0.721. The Hall–Kier alpha value is -0.900. The van der Waals surface area contributed by atoms with Crippen molar-refractivity contribution in [2.24, 2.45) is 10.9 Å². The molecule has 0 saturated carbocycles. The van der Waals surface area contributed by atoms with E-state index in [9.17, 15) is 4.79 Å². The molecule has 142 valence electrons. The van der Waals surface area contributed by atoms with Gasteiger partial charge in [-0.15, -0.1) is 35.3 Å². The van der Waals surface area contributed by atoms with E-state index in [2.05, 4.69) is 22.1 Å². The highest BCUT2D eigenvalue weighted by atomic mass is 127. The van der Waals surface area contributed by atoms with Crippen molar-refractivity contribution in [1.82, 2.24) is 15.2 Å². The maximum absolute atomic E-state index is 12.0. The Morgan fingerprint density at radius 2 is 2.20 bits per heavy atom. The van der Waals surface area contributed by atoms with Gasteiger partial charge in [0.15, 0.2) is 5.96 Å². The number of hydrogen-bond donors (Lipinski definition) is 1. The van der Waals surface area contributed by atoms with E-state index in [1.165, 1.54) is 4.88 Å². The minimum Gasteiger partial charge on any atom is -0.466 e. The number of esters is 1. The summed E-state index contributed by atoms with van der Waals surface area (Å²) in [4.78, 5) is 24.6. The highest BCUT2D eigenvalue weighted by Crippen LogP contribution is 2.20. The van der Waals surface area contributed by atoms with Gasteiger partial charge in [-0.05, 0) is 40.5 Å². The number of thiazole rings is 1. The van der Waals surface area contributed by atoms with Crippen LogP contribution in [0, 0.1) is 19.8 Å². The summed E-state index contributed by atoms with van der Waals surface area (Å²) in [6, 6.07) is 0. The molecule has 2 rings (SSSR count). The first-order valence-electron chi connectivity index (χ1n) is 8.67. The molecule has 1 aliphatic rings. The molecular formula is C17H29IN4O2S. The van der Waals surface area contributed by atoms with Gasteiger partial charge in [0.1, 0.15) is 0 Å². The van der Waals surface area contributed by atoms with Crippen LogP contribution in [0.15, 0.2) is 4.99 Å². The molecule has 8 heteroatoms. The monoisotopic (exact) mass is 480 g/mol. The van der Waals surface area contributed by atoms with Gasteiger partial charge in [-0.1, -0.05) is 0 Å². The van der Waals surface area contributed by atoms with Crippen molar-refractivity contribution in [2.75, 3.05) is 26.2 Å². The zero-order chi connectivity index (χ0) is 17.5. The van der Waals surface area contributed by atoms with Gasteiger partial charge in [0.25, 0.3) is 0 Å². The van der Waals surface area contributed by atoms with Gasteiger partial charge >= 0.3 is 5.97 Å². The number of nitrogens with one attached hydrogen (secondary N) is 1. The quantitative estimate of drug-likeness (QED) is 0.304. The van der Waals surface area contributed by atoms with Crippen molar-refractivity contribution in [1.29, 1.82) is 0 Å². The maximum Gasteiger partial charge on any atom is 0.310 e. The molecule has 0 radical (unpaired) electrons. The summed E-state index contributed by atoms with van der Waals surface area (Å²) in [5, 5.41) is 4.42. The zero-order valence-electron chi connectivity index (χ0n) is 15.5. The van der Waals surface area contributed by atoms with Crippen LogP contribution in [0.25, 0.3) is 0 Å². The summed E-state index contributed by atoms with van der Waals surface area (Å²) in [7, 11) is 0. The second kappa shape index (κ2) is 10.9. The van der Waals surface area contributed by atoms with Crippen LogP contribution in [-0.4, -0.2) is 48.1 Å². The summed E-state index contributed by atoms with van der Waals surface area (Å²) in [5.41, 5.74) is 1.06. The van der Waals surface area contributed by atoms with E-state index < -0.39 is 0 Å². The van der Waals surface area contributed by atoms with Crippen molar-refractivity contribution in [3.8, 4) is 0 Å². The third kappa shape index (κ3) is 6.40. The molecule has 1 N–H and O–H groups in total. The van der Waals surface area contributed by atoms with E-state index in [1.807, 2.05) is 20.8 Å². The van der Waals surface area contributed by atoms with E-state index in [4.69, 9.17) is 9.73 Å². The van der Waals surface area contributed by atoms with E-state index >= 15 is 0 Å². The number of aryl methyl sites for hydroxylation is 2. The largest absolute Gasteiger partial charge is 0.466 e. The van der Waals surface area contributed by atoms with E-state index in [-0.39, 0.29) is 35.9 Å². The number of aromatic nitrogens is 1. The van der Waals surface area contributed by atoms with Crippen LogP contribution < -0.4 is 5.32 Å². The normalized spacial score (nSPS) is 17.8. The Morgan fingerprint density at radius 3 is 2.80 bits per heavy atom. The van der Waals surface area contributed by atoms with Crippen molar-refractivity contribution in [3.63, 3.8) is 0 Å². The molecule has 0 spiro atoms. The lowest BCUT2D eigenvalue weighted by Crippen LogP contribution is -2.48. The van der Waals surface area contributed by atoms with Gasteiger partial charge in [0.2, 0.25) is 0 Å². The second-order valence-corrected chi connectivity index (χ2v) is 7.24. The van der Waals surface area contributed by atoms with Gasteiger partial charge in [0, 0.05) is 24.5 Å². The minimum atomic E-state index is -0.0908. The molecule has 1 unspecified atom stereocenters. The molecule has 0 aliphatic carbocycles. The number of carbonyl (C=O) groups is 1. The van der Waals surface area contributed by atoms with Crippen molar-refractivity contribution < 1.29 is 9.53 Å². The predicted octanol–water partition coefficient (Wildman–Crippen LogP) is 3.12. The van der Waals surface area contributed by atoms with Crippen LogP contribution >= 0.6 is 35.3 Å². The molecule has 0 bridgehead atoms. The van der Waals surface area contributed by atoms with Crippen molar-refractivity contribution in [3.05, 3.63) is 15.6 Å². The fraction of sp³-hybridized carbons (Fsp3) is 0.706. The second-order valence-electron chi connectivity index (χ2n) is 5.95. The Kier molecular flexibility index (Phi) is 9.70. The third-order valence-corrected chi connectivity index (χ3v) is 5.11. The number of rotatable bonds is 5. The molecule has 1 aromatic rings. The number of carbonyl (C=O) groups excluding carboxylic acids is 1. The fourth-order valence-corrected chi connectivity index (χ4v) is 3.78. The van der Waals surface area contributed by atoms with Gasteiger partial charge in [-0.2, -0.15) is 0 Å². The van der Waals surface area contributed by atoms with Crippen molar-refractivity contribution >= 4 is 47.2 Å². The standard InChI is InChI=1S/C17H28N4O2S.HI/c1-5-18-17(19-10-15-12(3)20-13(4)24-15)21-9-7-8-14(11-21)16(22)23-6-2;/h14H,5-11H2,1-4H3,(H,18,19);1H. The van der Waals surface area contributed by atoms with Crippen LogP contribution in [-0.2, 0) is 16.1 Å². The Morgan fingerprint density at radius 1 is 1.44 bits per heavy atom. The first-order valence-corrected chi connectivity index (χ1v) is 9.49. The Labute approximate surface area is 171 Å². The lowest BCUT2D eigenvalue weighted by molar-refractivity contribution is -0.149. The maximum atomic E-state index is 12.0. The number of likely N-dealkylation sites (tertiary alicyclic amines) is 1. The van der Waals surface area contributed by atoms with Gasteiger partial charge in [-0.25, -0.2) is 9.98 Å². The molecule has 0 aromatic carbocycles. The average Bonchev–Trinajstić information content (AvgIpc) is 2.89. The van der Waals surface area contributed by atoms with E-state index in [1.54, 1.807) is 11.3 Å². The third-order valence-electron chi connectivity index (χ3n) is 4.05. The lowest BCUT2D eigenvalue weighted by atomic mass is 9.98. The molecule has 2 heterocycles. The number of ether oxygens (including phenoxy) is 1. The summed E-state index contributed by atoms with van der Waals surface area (Å²) in [6.45, 7) is 11.4. The first-order chi connectivity index (χ1) is 11.5. The molecule has 1 aromatic heterocycles. The Balaban J connectivity index is 0.00000312. The lowest BCUT2D eigenvalue weighted by Gasteiger charge is -2.34. The van der Waals surface area contributed by atoms with Gasteiger partial charge in [0.05, 0.1) is 29.8 Å². The van der Waals surface area contributed by atoms with E-state index in [0.29, 0.717) is 19.7 Å². The SMILES string of the molecule is CCNC(=NCc1sc(C)nc1C)N1CCCC(C(=O)OCC)C1.I. The molecule has 1 fully saturated rings. The molecule has 1 aliphatic heterocycles. The molecule has 25 heavy (non-hydrogen) atoms. The van der Waals surface area contributed by atoms with Crippen LogP contribution in [0.4, 0.5) is 0 Å². The number of guanidine groups is 1. The molecule has 1 saturated heterocycles.